The highest BCUT2D eigenvalue weighted by molar-refractivity contribution is 6.74. The number of fused-ring (bicyclic) bond motifs is 1. The van der Waals surface area contributed by atoms with E-state index in [1.165, 1.54) is 6.33 Å². The van der Waals surface area contributed by atoms with Gasteiger partial charge < -0.3 is 20.0 Å². The molecule has 3 rings (SSSR count). The minimum Gasteiger partial charge on any atom is -0.409 e. The van der Waals surface area contributed by atoms with Crippen LogP contribution in [0.4, 0.5) is 5.82 Å². The molecule has 1 aliphatic rings. The number of nitrogen functional groups attached to an aromatic ring is 1. The van der Waals surface area contributed by atoms with Gasteiger partial charge in [0.2, 0.25) is 0 Å². The number of imidazole rings is 1. The Balaban J connectivity index is 1.96. The second kappa shape index (κ2) is 6.31. The standard InChI is InChI=1S/C16H27N5O3Si/c1-16(2,3)25(4,5)24-11-6-10(7-22)23-15(11)21-9-20-12-13(17)18-8-19-14(12)21/h8-11,15,22H,6-7H2,1-5H3,(H2,17,18,19)/t10-,11-,15+/m0/s1. The summed E-state index contributed by atoms with van der Waals surface area (Å²) in [6, 6.07) is 0. The van der Waals surface area contributed by atoms with E-state index in [0.717, 1.165) is 0 Å². The molecule has 0 unspecified atom stereocenters. The quantitative estimate of drug-likeness (QED) is 0.798. The van der Waals surface area contributed by atoms with Crippen LogP contribution in [0.5, 0.6) is 0 Å². The first-order chi connectivity index (χ1) is 11.6. The van der Waals surface area contributed by atoms with Crippen molar-refractivity contribution in [2.24, 2.45) is 0 Å². The predicted octanol–water partition coefficient (Wildman–Crippen LogP) is 2.08. The molecule has 9 heteroatoms. The van der Waals surface area contributed by atoms with E-state index in [2.05, 4.69) is 48.8 Å². The maximum Gasteiger partial charge on any atom is 0.192 e. The third-order valence-electron chi connectivity index (χ3n) is 5.26. The third kappa shape index (κ3) is 3.29. The summed E-state index contributed by atoms with van der Waals surface area (Å²) >= 11 is 0. The number of nitrogens with two attached hydrogens (primary N) is 1. The van der Waals surface area contributed by atoms with Crippen LogP contribution in [-0.4, -0.2) is 51.8 Å². The van der Waals surface area contributed by atoms with E-state index < -0.39 is 14.5 Å². The predicted molar refractivity (Wildman–Crippen MR) is 97.4 cm³/mol. The first kappa shape index (κ1) is 18.2. The molecule has 0 aliphatic carbocycles. The van der Waals surface area contributed by atoms with Gasteiger partial charge in [0.1, 0.15) is 11.8 Å². The Morgan fingerprint density at radius 1 is 1.36 bits per heavy atom. The van der Waals surface area contributed by atoms with Crippen molar-refractivity contribution in [1.29, 1.82) is 0 Å². The largest absolute Gasteiger partial charge is 0.409 e. The summed E-state index contributed by atoms with van der Waals surface area (Å²) in [5.41, 5.74) is 7.04. The Kier molecular flexibility index (Phi) is 4.61. The van der Waals surface area contributed by atoms with Gasteiger partial charge in [0.25, 0.3) is 0 Å². The normalized spacial score (nSPS) is 25.0. The van der Waals surface area contributed by atoms with E-state index in [-0.39, 0.29) is 23.9 Å². The number of ether oxygens (including phenoxy) is 1. The molecule has 8 nitrogen and oxygen atoms in total. The number of anilines is 1. The van der Waals surface area contributed by atoms with Crippen LogP contribution in [0.15, 0.2) is 12.7 Å². The molecule has 0 radical (unpaired) electrons. The van der Waals surface area contributed by atoms with Crippen LogP contribution < -0.4 is 5.73 Å². The fourth-order valence-electron chi connectivity index (χ4n) is 2.80. The summed E-state index contributed by atoms with van der Waals surface area (Å²) in [6.07, 6.45) is 2.86. The summed E-state index contributed by atoms with van der Waals surface area (Å²) in [6.45, 7) is 11.0. The summed E-state index contributed by atoms with van der Waals surface area (Å²) in [5, 5.41) is 9.66. The zero-order valence-electron chi connectivity index (χ0n) is 15.4. The number of hydrogen-bond donors (Lipinski definition) is 2. The highest BCUT2D eigenvalue weighted by Crippen LogP contribution is 2.42. The monoisotopic (exact) mass is 365 g/mol. The summed E-state index contributed by atoms with van der Waals surface area (Å²) in [7, 11) is -2.00. The number of hydrogen-bond acceptors (Lipinski definition) is 7. The van der Waals surface area contributed by atoms with Crippen molar-refractivity contribution in [3.63, 3.8) is 0 Å². The lowest BCUT2D eigenvalue weighted by atomic mass is 10.2. The maximum absolute atomic E-state index is 9.57. The Bertz CT molecular complexity index is 758. The Morgan fingerprint density at radius 2 is 2.08 bits per heavy atom. The van der Waals surface area contributed by atoms with E-state index in [4.69, 9.17) is 14.9 Å². The SMILES string of the molecule is CC(C)(C)[Si](C)(C)O[C@H]1C[C@@H](CO)O[C@H]1n1cnc2c(N)ncnc21. The molecule has 1 saturated heterocycles. The molecule has 0 bridgehead atoms. The number of aromatic nitrogens is 4. The van der Waals surface area contributed by atoms with Crippen LogP contribution >= 0.6 is 0 Å². The maximum atomic E-state index is 9.57. The molecule has 1 aliphatic heterocycles. The van der Waals surface area contributed by atoms with Gasteiger partial charge in [0, 0.05) is 6.42 Å². The van der Waals surface area contributed by atoms with Gasteiger partial charge in [-0.2, -0.15) is 0 Å². The molecule has 138 valence electrons. The van der Waals surface area contributed by atoms with Crippen molar-refractivity contribution in [2.45, 2.75) is 63.8 Å². The fraction of sp³-hybridized carbons (Fsp3) is 0.688. The van der Waals surface area contributed by atoms with Gasteiger partial charge in [0.05, 0.1) is 25.1 Å². The summed E-state index contributed by atoms with van der Waals surface area (Å²) in [4.78, 5) is 12.6. The third-order valence-corrected chi connectivity index (χ3v) is 9.77. The number of rotatable bonds is 4. The minimum atomic E-state index is -2.00. The van der Waals surface area contributed by atoms with Crippen molar-refractivity contribution in [1.82, 2.24) is 19.5 Å². The lowest BCUT2D eigenvalue weighted by Gasteiger charge is -2.39. The molecule has 0 aromatic carbocycles. The topological polar surface area (TPSA) is 108 Å². The Morgan fingerprint density at radius 3 is 2.72 bits per heavy atom. The van der Waals surface area contributed by atoms with E-state index in [1.807, 2.05) is 4.57 Å². The molecule has 3 heterocycles. The zero-order valence-corrected chi connectivity index (χ0v) is 16.4. The number of aliphatic hydroxyl groups is 1. The lowest BCUT2D eigenvalue weighted by Crippen LogP contribution is -2.45. The summed E-state index contributed by atoms with van der Waals surface area (Å²) in [5.74, 6) is 0.335. The molecule has 3 atom stereocenters. The van der Waals surface area contributed by atoms with Crippen molar-refractivity contribution >= 4 is 25.3 Å². The average Bonchev–Trinajstić information content (AvgIpc) is 3.10. The number of nitrogens with zero attached hydrogens (tertiary/aromatic N) is 4. The van der Waals surface area contributed by atoms with Gasteiger partial charge in [-0.3, -0.25) is 4.57 Å². The Labute approximate surface area is 148 Å². The second-order valence-electron chi connectivity index (χ2n) is 8.07. The van der Waals surface area contributed by atoms with Gasteiger partial charge in [-0.1, -0.05) is 20.8 Å². The smallest absolute Gasteiger partial charge is 0.192 e. The number of aliphatic hydroxyl groups excluding tert-OH is 1. The van der Waals surface area contributed by atoms with E-state index in [1.54, 1.807) is 6.33 Å². The molecule has 1 fully saturated rings. The van der Waals surface area contributed by atoms with Crippen molar-refractivity contribution in [3.8, 4) is 0 Å². The fourth-order valence-corrected chi connectivity index (χ4v) is 4.12. The van der Waals surface area contributed by atoms with E-state index in [9.17, 15) is 5.11 Å². The van der Waals surface area contributed by atoms with Gasteiger partial charge in [0.15, 0.2) is 26.0 Å². The van der Waals surface area contributed by atoms with Crippen LogP contribution in [0.3, 0.4) is 0 Å². The van der Waals surface area contributed by atoms with Crippen LogP contribution in [0.1, 0.15) is 33.4 Å². The van der Waals surface area contributed by atoms with Crippen LogP contribution in [0.25, 0.3) is 11.2 Å². The highest BCUT2D eigenvalue weighted by Gasteiger charge is 2.45. The molecule has 2 aromatic rings. The van der Waals surface area contributed by atoms with Gasteiger partial charge in [-0.25, -0.2) is 15.0 Å². The van der Waals surface area contributed by atoms with Crippen LogP contribution in [0.2, 0.25) is 18.1 Å². The van der Waals surface area contributed by atoms with Gasteiger partial charge >= 0.3 is 0 Å². The van der Waals surface area contributed by atoms with Crippen molar-refractivity contribution in [3.05, 3.63) is 12.7 Å². The molecule has 0 amide bonds. The van der Waals surface area contributed by atoms with E-state index in [0.29, 0.717) is 23.4 Å². The van der Waals surface area contributed by atoms with Crippen molar-refractivity contribution < 1.29 is 14.3 Å². The zero-order chi connectivity index (χ0) is 18.4. The molecular weight excluding hydrogens is 338 g/mol. The van der Waals surface area contributed by atoms with Gasteiger partial charge in [-0.15, -0.1) is 0 Å². The minimum absolute atomic E-state index is 0.0440. The molecule has 25 heavy (non-hydrogen) atoms. The van der Waals surface area contributed by atoms with Gasteiger partial charge in [-0.05, 0) is 18.1 Å². The average molecular weight is 366 g/mol. The Hall–Kier alpha value is -1.55. The molecule has 0 saturated carbocycles. The van der Waals surface area contributed by atoms with Crippen molar-refractivity contribution in [2.75, 3.05) is 12.3 Å². The van der Waals surface area contributed by atoms with Crippen LogP contribution in [0, 0.1) is 0 Å². The highest BCUT2D eigenvalue weighted by atomic mass is 28.4. The molecule has 2 aromatic heterocycles. The molecule has 3 N–H and O–H groups in total. The van der Waals surface area contributed by atoms with Crippen LogP contribution in [-0.2, 0) is 9.16 Å². The first-order valence-electron chi connectivity index (χ1n) is 8.51. The first-order valence-corrected chi connectivity index (χ1v) is 11.4. The lowest BCUT2D eigenvalue weighted by molar-refractivity contribution is -0.0460. The molecule has 0 spiro atoms. The molecular formula is C16H27N5O3Si. The summed E-state index contributed by atoms with van der Waals surface area (Å²) < 4.78 is 14.5. The second-order valence-corrected chi connectivity index (χ2v) is 12.8. The van der Waals surface area contributed by atoms with E-state index >= 15 is 0 Å².